The second kappa shape index (κ2) is 9.69. The van der Waals surface area contributed by atoms with Crippen molar-refractivity contribution in [3.63, 3.8) is 0 Å². The van der Waals surface area contributed by atoms with Crippen LogP contribution in [0.15, 0.2) is 48.9 Å². The number of rotatable bonds is 7. The van der Waals surface area contributed by atoms with Crippen LogP contribution in [0.3, 0.4) is 0 Å². The molecule has 2 amide bonds. The molecule has 0 saturated carbocycles. The first kappa shape index (κ1) is 24.7. The van der Waals surface area contributed by atoms with Crippen LogP contribution in [0.4, 0.5) is 20.7 Å². The van der Waals surface area contributed by atoms with Gasteiger partial charge in [0.25, 0.3) is 5.91 Å². The number of nitrogens with two attached hydrogens (primary N) is 1. The number of carboxylic acid groups (broad SMARTS) is 1. The van der Waals surface area contributed by atoms with E-state index < -0.39 is 41.4 Å². The van der Waals surface area contributed by atoms with Crippen LogP contribution in [0, 0.1) is 23.1 Å². The SMILES string of the molecule is CC(C)(CC1[C@@H](C#N)[C@@H](n2cc(C(N)=O)c(Nc3ccc(F)cc3)n2)CCN1C(=O)O)n1cccn1. The average Bonchev–Trinajstić information content (AvgIpc) is 3.51. The van der Waals surface area contributed by atoms with Gasteiger partial charge in [-0.2, -0.15) is 15.5 Å². The van der Waals surface area contributed by atoms with Crippen LogP contribution in [0.25, 0.3) is 0 Å². The first-order valence-corrected chi connectivity index (χ1v) is 11.4. The van der Waals surface area contributed by atoms with Crippen LogP contribution < -0.4 is 11.1 Å². The number of aromatic nitrogens is 4. The molecule has 3 atom stereocenters. The van der Waals surface area contributed by atoms with Crippen LogP contribution in [-0.2, 0) is 5.54 Å². The summed E-state index contributed by atoms with van der Waals surface area (Å²) in [5.41, 5.74) is 5.61. The van der Waals surface area contributed by atoms with Gasteiger partial charge in [0.2, 0.25) is 0 Å². The van der Waals surface area contributed by atoms with Gasteiger partial charge in [-0.3, -0.25) is 14.2 Å². The number of carbonyl (C=O) groups is 2. The third-order valence-electron chi connectivity index (χ3n) is 6.57. The molecular formula is C24H27FN8O3. The number of halogens is 1. The number of hydrogen-bond acceptors (Lipinski definition) is 6. The van der Waals surface area contributed by atoms with E-state index in [1.807, 2.05) is 13.8 Å². The molecule has 1 saturated heterocycles. The number of likely N-dealkylation sites (tertiary alicyclic amines) is 1. The molecule has 4 rings (SSSR count). The quantitative estimate of drug-likeness (QED) is 0.455. The molecule has 2 aromatic heterocycles. The monoisotopic (exact) mass is 494 g/mol. The Morgan fingerprint density at radius 3 is 2.64 bits per heavy atom. The van der Waals surface area contributed by atoms with Gasteiger partial charge in [0.05, 0.1) is 29.6 Å². The molecule has 3 aromatic rings. The maximum atomic E-state index is 13.3. The fraction of sp³-hybridized carbons (Fsp3) is 0.375. The van der Waals surface area contributed by atoms with E-state index in [-0.39, 0.29) is 17.9 Å². The molecule has 0 spiro atoms. The van der Waals surface area contributed by atoms with Crippen LogP contribution in [-0.4, -0.2) is 54.2 Å². The third kappa shape index (κ3) is 4.86. The van der Waals surface area contributed by atoms with E-state index in [0.717, 1.165) is 0 Å². The lowest BCUT2D eigenvalue weighted by molar-refractivity contribution is 0.0452. The molecule has 4 N–H and O–H groups in total. The number of nitriles is 1. The van der Waals surface area contributed by atoms with Gasteiger partial charge in [0.1, 0.15) is 11.4 Å². The molecule has 0 bridgehead atoms. The fourth-order valence-electron chi connectivity index (χ4n) is 4.75. The summed E-state index contributed by atoms with van der Waals surface area (Å²) in [4.78, 5) is 25.5. The summed E-state index contributed by atoms with van der Waals surface area (Å²) in [6.07, 6.45) is 4.46. The maximum absolute atomic E-state index is 13.3. The maximum Gasteiger partial charge on any atom is 0.407 e. The van der Waals surface area contributed by atoms with Crippen LogP contribution in [0.1, 0.15) is 43.1 Å². The Balaban J connectivity index is 1.67. The van der Waals surface area contributed by atoms with Crippen molar-refractivity contribution < 1.29 is 19.1 Å². The summed E-state index contributed by atoms with van der Waals surface area (Å²) in [5.74, 6) is -1.73. The first-order valence-electron chi connectivity index (χ1n) is 11.4. The lowest BCUT2D eigenvalue weighted by Crippen LogP contribution is -2.54. The number of nitrogens with one attached hydrogen (secondary N) is 1. The smallest absolute Gasteiger partial charge is 0.407 e. The number of primary amides is 1. The van der Waals surface area contributed by atoms with Crippen molar-refractivity contribution in [2.45, 2.75) is 44.3 Å². The molecule has 1 aliphatic heterocycles. The van der Waals surface area contributed by atoms with Crippen molar-refractivity contribution in [3.8, 4) is 6.07 Å². The summed E-state index contributed by atoms with van der Waals surface area (Å²) in [5, 5.41) is 31.8. The van der Waals surface area contributed by atoms with E-state index in [4.69, 9.17) is 5.73 Å². The fourth-order valence-corrected chi connectivity index (χ4v) is 4.75. The standard InChI is InChI=1S/C24H27FN8O3/c1-24(2,33-10-3-9-28-33)12-20-17(13-26)19(8-11-31(20)23(35)36)32-14-18(21(27)34)22(30-32)29-16-6-4-15(25)5-7-16/h3-7,9-10,14,17,19-20H,8,11-12H2,1-2H3,(H2,27,34)(H,29,30)(H,35,36)/t17-,19-,20?/m0/s1. The minimum Gasteiger partial charge on any atom is -0.465 e. The molecular weight excluding hydrogens is 467 g/mol. The Kier molecular flexibility index (Phi) is 6.65. The van der Waals surface area contributed by atoms with Gasteiger partial charge in [0.15, 0.2) is 5.82 Å². The molecule has 11 nitrogen and oxygen atoms in total. The van der Waals surface area contributed by atoms with E-state index in [0.29, 0.717) is 18.5 Å². The van der Waals surface area contributed by atoms with Crippen LogP contribution in [0.5, 0.6) is 0 Å². The Morgan fingerprint density at radius 2 is 2.06 bits per heavy atom. The Bertz CT molecular complexity index is 1280. The zero-order valence-corrected chi connectivity index (χ0v) is 19.9. The highest BCUT2D eigenvalue weighted by Gasteiger charge is 2.45. The molecule has 12 heteroatoms. The Morgan fingerprint density at radius 1 is 1.33 bits per heavy atom. The van der Waals surface area contributed by atoms with Crippen LogP contribution in [0.2, 0.25) is 0 Å². The topological polar surface area (TPSA) is 155 Å². The van der Waals surface area contributed by atoms with Crippen molar-refractivity contribution in [1.29, 1.82) is 5.26 Å². The number of carbonyl (C=O) groups excluding carboxylic acids is 1. The molecule has 1 aromatic carbocycles. The highest BCUT2D eigenvalue weighted by molar-refractivity contribution is 5.98. The predicted molar refractivity (Wildman–Crippen MR) is 128 cm³/mol. The summed E-state index contributed by atoms with van der Waals surface area (Å²) in [7, 11) is 0. The van der Waals surface area contributed by atoms with Gasteiger partial charge in [-0.15, -0.1) is 0 Å². The highest BCUT2D eigenvalue weighted by Crippen LogP contribution is 2.38. The largest absolute Gasteiger partial charge is 0.465 e. The van der Waals surface area contributed by atoms with E-state index >= 15 is 0 Å². The van der Waals surface area contributed by atoms with Crippen molar-refractivity contribution in [1.82, 2.24) is 24.5 Å². The second-order valence-electron chi connectivity index (χ2n) is 9.39. The normalized spacial score (nSPS) is 20.1. The molecule has 3 heterocycles. The van der Waals surface area contributed by atoms with Gasteiger partial charge < -0.3 is 21.1 Å². The van der Waals surface area contributed by atoms with Crippen LogP contribution >= 0.6 is 0 Å². The van der Waals surface area contributed by atoms with Gasteiger partial charge in [-0.25, -0.2) is 9.18 Å². The summed E-state index contributed by atoms with van der Waals surface area (Å²) < 4.78 is 16.5. The lowest BCUT2D eigenvalue weighted by Gasteiger charge is -2.44. The Hall–Kier alpha value is -4.40. The van der Waals surface area contributed by atoms with Gasteiger partial charge >= 0.3 is 6.09 Å². The molecule has 188 valence electrons. The minimum absolute atomic E-state index is 0.102. The highest BCUT2D eigenvalue weighted by atomic mass is 19.1. The number of piperidine rings is 1. The molecule has 1 aliphatic rings. The molecule has 0 radical (unpaired) electrons. The molecule has 0 aliphatic carbocycles. The minimum atomic E-state index is -1.10. The van der Waals surface area contributed by atoms with Crippen molar-refractivity contribution in [2.24, 2.45) is 11.7 Å². The molecule has 1 unspecified atom stereocenters. The van der Waals surface area contributed by atoms with E-state index in [9.17, 15) is 24.3 Å². The summed E-state index contributed by atoms with van der Waals surface area (Å²) >= 11 is 0. The van der Waals surface area contributed by atoms with Crippen molar-refractivity contribution >= 4 is 23.5 Å². The molecule has 1 fully saturated rings. The predicted octanol–water partition coefficient (Wildman–Crippen LogP) is 3.32. The number of amides is 2. The molecule has 36 heavy (non-hydrogen) atoms. The van der Waals surface area contributed by atoms with E-state index in [1.54, 1.807) is 23.1 Å². The number of nitrogens with zero attached hydrogens (tertiary/aromatic N) is 6. The van der Waals surface area contributed by atoms with Crippen molar-refractivity contribution in [3.05, 3.63) is 60.3 Å². The average molecular weight is 495 g/mol. The zero-order valence-electron chi connectivity index (χ0n) is 19.9. The number of benzene rings is 1. The summed E-state index contributed by atoms with van der Waals surface area (Å²) in [6.45, 7) is 4.05. The lowest BCUT2D eigenvalue weighted by atomic mass is 9.79. The summed E-state index contributed by atoms with van der Waals surface area (Å²) in [6, 6.07) is 8.44. The van der Waals surface area contributed by atoms with Gasteiger partial charge in [-0.1, -0.05) is 0 Å². The van der Waals surface area contributed by atoms with Gasteiger partial charge in [0, 0.05) is 30.8 Å². The number of anilines is 2. The Labute approximate surface area is 206 Å². The van der Waals surface area contributed by atoms with E-state index in [2.05, 4.69) is 21.6 Å². The van der Waals surface area contributed by atoms with Crippen molar-refractivity contribution in [2.75, 3.05) is 11.9 Å². The zero-order chi connectivity index (χ0) is 26.0. The van der Waals surface area contributed by atoms with Gasteiger partial charge in [-0.05, 0) is 57.0 Å². The first-order chi connectivity index (χ1) is 17.1. The number of hydrogen-bond donors (Lipinski definition) is 3. The second-order valence-corrected chi connectivity index (χ2v) is 9.39. The third-order valence-corrected chi connectivity index (χ3v) is 6.57. The van der Waals surface area contributed by atoms with E-state index in [1.165, 1.54) is 40.0 Å².